The van der Waals surface area contributed by atoms with Crippen LogP contribution in [-0.2, 0) is 9.53 Å². The lowest BCUT2D eigenvalue weighted by atomic mass is 9.89. The summed E-state index contributed by atoms with van der Waals surface area (Å²) in [5.74, 6) is 0.880. The van der Waals surface area contributed by atoms with Crippen molar-refractivity contribution in [2.45, 2.75) is 72.0 Å². The van der Waals surface area contributed by atoms with Crippen LogP contribution in [0.4, 0.5) is 0 Å². The lowest BCUT2D eigenvalue weighted by molar-refractivity contribution is -0.133. The molecule has 0 saturated carbocycles. The molecule has 0 spiro atoms. The van der Waals surface area contributed by atoms with Crippen LogP contribution in [0.15, 0.2) is 12.1 Å². The fourth-order valence-corrected chi connectivity index (χ4v) is 4.46. The maximum absolute atomic E-state index is 13.3. The Kier molecular flexibility index (Phi) is 6.93. The van der Waals surface area contributed by atoms with Crippen molar-refractivity contribution in [2.75, 3.05) is 26.2 Å². The maximum atomic E-state index is 13.3. The van der Waals surface area contributed by atoms with Gasteiger partial charge < -0.3 is 14.5 Å². The van der Waals surface area contributed by atoms with E-state index in [4.69, 9.17) is 9.72 Å². The number of hydrogen-bond acceptors (Lipinski definition) is 4. The number of aryl methyl sites for hydroxylation is 1. The molecule has 2 amide bonds. The van der Waals surface area contributed by atoms with E-state index in [0.717, 1.165) is 37.3 Å². The zero-order chi connectivity index (χ0) is 21.1. The molecule has 0 radical (unpaired) electrons. The molecule has 1 aromatic heterocycles. The molecular formula is C23H35N3O3. The molecule has 2 aliphatic rings. The fraction of sp³-hybridized carbons (Fsp3) is 0.696. The van der Waals surface area contributed by atoms with Crippen molar-refractivity contribution in [1.29, 1.82) is 0 Å². The van der Waals surface area contributed by atoms with Gasteiger partial charge >= 0.3 is 0 Å². The Bertz CT molecular complexity index is 731. The Balaban J connectivity index is 1.74. The SMILES string of the molecule is Cc1ccc(C(=O)N2CC(C)OC(C)C2)c(C2CCN(C(=O)CC(C)C)CC2)n1. The topological polar surface area (TPSA) is 62.7 Å². The smallest absolute Gasteiger partial charge is 0.255 e. The lowest BCUT2D eigenvalue weighted by Gasteiger charge is -2.36. The van der Waals surface area contributed by atoms with Crippen LogP contribution < -0.4 is 0 Å². The van der Waals surface area contributed by atoms with Crippen LogP contribution in [0.3, 0.4) is 0 Å². The highest BCUT2D eigenvalue weighted by molar-refractivity contribution is 5.95. The van der Waals surface area contributed by atoms with E-state index in [-0.39, 0.29) is 29.9 Å². The number of pyridine rings is 1. The van der Waals surface area contributed by atoms with Gasteiger partial charge in [0, 0.05) is 44.2 Å². The summed E-state index contributed by atoms with van der Waals surface area (Å²) in [5, 5.41) is 0. The van der Waals surface area contributed by atoms with E-state index in [9.17, 15) is 9.59 Å². The highest BCUT2D eigenvalue weighted by Gasteiger charge is 2.32. The number of carbonyl (C=O) groups excluding carboxylic acids is 2. The second-order valence-electron chi connectivity index (χ2n) is 9.11. The summed E-state index contributed by atoms with van der Waals surface area (Å²) < 4.78 is 5.78. The van der Waals surface area contributed by atoms with Gasteiger partial charge in [0.25, 0.3) is 5.91 Å². The molecular weight excluding hydrogens is 366 g/mol. The number of hydrogen-bond donors (Lipinski definition) is 0. The van der Waals surface area contributed by atoms with E-state index in [0.29, 0.717) is 31.0 Å². The van der Waals surface area contributed by atoms with Crippen molar-refractivity contribution in [2.24, 2.45) is 5.92 Å². The Hall–Kier alpha value is -1.95. The predicted octanol–water partition coefficient (Wildman–Crippen LogP) is 3.39. The molecule has 0 bridgehead atoms. The number of amides is 2. The number of rotatable bonds is 4. The molecule has 6 heteroatoms. The second-order valence-corrected chi connectivity index (χ2v) is 9.11. The third kappa shape index (κ3) is 5.35. The van der Waals surface area contributed by atoms with Crippen molar-refractivity contribution in [3.63, 3.8) is 0 Å². The Morgan fingerprint density at radius 3 is 2.31 bits per heavy atom. The minimum absolute atomic E-state index is 0.0414. The van der Waals surface area contributed by atoms with Gasteiger partial charge in [0.15, 0.2) is 0 Å². The molecule has 2 saturated heterocycles. The van der Waals surface area contributed by atoms with Crippen LogP contribution in [0.2, 0.25) is 0 Å². The van der Waals surface area contributed by atoms with Gasteiger partial charge in [-0.25, -0.2) is 0 Å². The summed E-state index contributed by atoms with van der Waals surface area (Å²) in [5.41, 5.74) is 2.54. The summed E-state index contributed by atoms with van der Waals surface area (Å²) in [7, 11) is 0. The Morgan fingerprint density at radius 1 is 1.10 bits per heavy atom. The van der Waals surface area contributed by atoms with E-state index in [1.807, 2.05) is 42.7 Å². The molecule has 29 heavy (non-hydrogen) atoms. The van der Waals surface area contributed by atoms with E-state index < -0.39 is 0 Å². The number of ether oxygens (including phenoxy) is 1. The largest absolute Gasteiger partial charge is 0.372 e. The summed E-state index contributed by atoms with van der Waals surface area (Å²) >= 11 is 0. The average Bonchev–Trinajstić information content (AvgIpc) is 2.66. The number of carbonyl (C=O) groups is 2. The van der Waals surface area contributed by atoms with Gasteiger partial charge in [0.2, 0.25) is 5.91 Å². The quantitative estimate of drug-likeness (QED) is 0.776. The monoisotopic (exact) mass is 401 g/mol. The van der Waals surface area contributed by atoms with Crippen molar-refractivity contribution in [3.8, 4) is 0 Å². The van der Waals surface area contributed by atoms with Gasteiger partial charge in [-0.2, -0.15) is 0 Å². The van der Waals surface area contributed by atoms with Crippen LogP contribution in [0, 0.1) is 12.8 Å². The van der Waals surface area contributed by atoms with Crippen molar-refractivity contribution in [3.05, 3.63) is 29.1 Å². The lowest BCUT2D eigenvalue weighted by Crippen LogP contribution is -2.48. The number of nitrogens with zero attached hydrogens (tertiary/aromatic N) is 3. The molecule has 6 nitrogen and oxygen atoms in total. The van der Waals surface area contributed by atoms with E-state index >= 15 is 0 Å². The van der Waals surface area contributed by atoms with Crippen molar-refractivity contribution in [1.82, 2.24) is 14.8 Å². The summed E-state index contributed by atoms with van der Waals surface area (Å²) in [6.07, 6.45) is 2.40. The number of likely N-dealkylation sites (tertiary alicyclic amines) is 1. The minimum Gasteiger partial charge on any atom is -0.372 e. The average molecular weight is 402 g/mol. The highest BCUT2D eigenvalue weighted by Crippen LogP contribution is 2.31. The van der Waals surface area contributed by atoms with Gasteiger partial charge in [0.05, 0.1) is 23.5 Å². The normalized spacial score (nSPS) is 23.5. The van der Waals surface area contributed by atoms with Crippen LogP contribution in [0.25, 0.3) is 0 Å². The molecule has 1 aromatic rings. The van der Waals surface area contributed by atoms with Crippen LogP contribution in [0.1, 0.15) is 74.6 Å². The summed E-state index contributed by atoms with van der Waals surface area (Å²) in [6.45, 7) is 12.8. The Morgan fingerprint density at radius 2 is 1.72 bits per heavy atom. The molecule has 2 aliphatic heterocycles. The van der Waals surface area contributed by atoms with Crippen LogP contribution in [-0.4, -0.2) is 65.0 Å². The standard InChI is InChI=1S/C23H35N3O3/c1-15(2)12-21(27)25-10-8-19(9-11-25)22-20(7-6-16(3)24-22)23(28)26-13-17(4)29-18(5)14-26/h6-7,15,17-19H,8-14H2,1-5H3. The van der Waals surface area contributed by atoms with Crippen LogP contribution in [0.5, 0.6) is 0 Å². The van der Waals surface area contributed by atoms with Gasteiger partial charge in [-0.1, -0.05) is 13.8 Å². The summed E-state index contributed by atoms with van der Waals surface area (Å²) in [4.78, 5) is 34.4. The molecule has 0 N–H and O–H groups in total. The second kappa shape index (κ2) is 9.24. The highest BCUT2D eigenvalue weighted by atomic mass is 16.5. The zero-order valence-corrected chi connectivity index (χ0v) is 18.5. The molecule has 160 valence electrons. The van der Waals surface area contributed by atoms with Gasteiger partial charge in [-0.15, -0.1) is 0 Å². The molecule has 2 atom stereocenters. The van der Waals surface area contributed by atoms with Crippen molar-refractivity contribution < 1.29 is 14.3 Å². The van der Waals surface area contributed by atoms with E-state index in [1.54, 1.807) is 0 Å². The first kappa shape index (κ1) is 21.8. The Labute approximate surface area is 174 Å². The third-order valence-corrected chi connectivity index (χ3v) is 5.82. The number of aromatic nitrogens is 1. The first-order valence-electron chi connectivity index (χ1n) is 10.9. The minimum atomic E-state index is 0.0414. The van der Waals surface area contributed by atoms with Gasteiger partial charge in [-0.3, -0.25) is 14.6 Å². The predicted molar refractivity (Wildman–Crippen MR) is 113 cm³/mol. The van der Waals surface area contributed by atoms with E-state index in [1.165, 1.54) is 0 Å². The first-order chi connectivity index (χ1) is 13.7. The molecule has 0 aromatic carbocycles. The summed E-state index contributed by atoms with van der Waals surface area (Å²) in [6, 6.07) is 3.85. The third-order valence-electron chi connectivity index (χ3n) is 5.82. The molecule has 3 heterocycles. The maximum Gasteiger partial charge on any atom is 0.255 e. The van der Waals surface area contributed by atoms with Gasteiger partial charge in [-0.05, 0) is 51.7 Å². The fourth-order valence-electron chi connectivity index (χ4n) is 4.46. The van der Waals surface area contributed by atoms with E-state index in [2.05, 4.69) is 13.8 Å². The number of piperidine rings is 1. The van der Waals surface area contributed by atoms with Gasteiger partial charge in [0.1, 0.15) is 0 Å². The zero-order valence-electron chi connectivity index (χ0n) is 18.5. The molecule has 0 aliphatic carbocycles. The number of morpholine rings is 1. The molecule has 3 rings (SSSR count). The van der Waals surface area contributed by atoms with Crippen LogP contribution >= 0.6 is 0 Å². The van der Waals surface area contributed by atoms with Crippen molar-refractivity contribution >= 4 is 11.8 Å². The first-order valence-corrected chi connectivity index (χ1v) is 10.9. The molecule has 2 fully saturated rings. The molecule has 2 unspecified atom stereocenters.